The number of hydrogen-bond donors (Lipinski definition) is 0. The quantitative estimate of drug-likeness (QED) is 0.315. The smallest absolute Gasteiger partial charge is 1.00 e. The molecular formula is C24H21F2PTi. The molecule has 1 atom stereocenters. The van der Waals surface area contributed by atoms with Crippen molar-refractivity contribution >= 4 is 17.9 Å². The summed E-state index contributed by atoms with van der Waals surface area (Å²) in [6, 6.07) is 25.0. The molecule has 1 unspecified atom stereocenters. The average Bonchev–Trinajstić information content (AvgIpc) is 3.21. The van der Waals surface area contributed by atoms with E-state index in [4.69, 9.17) is 0 Å². The molecule has 0 heterocycles. The molecule has 0 saturated carbocycles. The Bertz CT molecular complexity index is 1040. The fourth-order valence-corrected chi connectivity index (χ4v) is 9.24. The summed E-state index contributed by atoms with van der Waals surface area (Å²) in [5.41, 5.74) is 9.07. The second-order valence-corrected chi connectivity index (χ2v) is 11.8. The summed E-state index contributed by atoms with van der Waals surface area (Å²) in [4.78, 5) is 0. The molecule has 0 radical (unpaired) electrons. The van der Waals surface area contributed by atoms with Crippen LogP contribution in [0.1, 0.15) is 26.5 Å². The van der Waals surface area contributed by atoms with Crippen molar-refractivity contribution in [2.24, 2.45) is 0 Å². The van der Waals surface area contributed by atoms with E-state index in [2.05, 4.69) is 86.1 Å². The van der Waals surface area contributed by atoms with Crippen LogP contribution in [0.4, 0.5) is 0 Å². The minimum Gasteiger partial charge on any atom is -1.00 e. The Hall–Kier alpha value is -1.60. The molecule has 0 bridgehead atoms. The van der Waals surface area contributed by atoms with Crippen LogP contribution in [-0.2, 0) is 25.6 Å². The Morgan fingerprint density at radius 2 is 1.54 bits per heavy atom. The van der Waals surface area contributed by atoms with E-state index in [0.717, 1.165) is 6.42 Å². The summed E-state index contributed by atoms with van der Waals surface area (Å²) in [5.74, 6) is 0. The third kappa shape index (κ3) is 3.43. The monoisotopic (exact) mass is 426 g/mol. The topological polar surface area (TPSA) is 0 Å². The molecule has 2 aliphatic carbocycles. The zero-order chi connectivity index (χ0) is 17.7. The molecule has 5 rings (SSSR count). The standard InChI is InChI=1S/C13H9.C11H12P.2FH.Ti/c1-3-7-12-10(5-1)9-11-6-2-4-8-13(11)12;1-12(2)11-7-9-5-3-4-6-10(9)8-11;;;/h1-5,7-8H,9H2;3-8H,1-2H3;2*1H;/q;;;;+2/p-2. The van der Waals surface area contributed by atoms with Gasteiger partial charge in [-0.25, -0.2) is 0 Å². The first-order valence-corrected chi connectivity index (χ1v) is 13.1. The minimum absolute atomic E-state index is 0. The fourth-order valence-electron chi connectivity index (χ4n) is 4.29. The van der Waals surface area contributed by atoms with Crippen molar-refractivity contribution in [1.29, 1.82) is 0 Å². The maximum atomic E-state index is 2.49. The molecule has 0 N–H and O–H groups in total. The van der Waals surface area contributed by atoms with Crippen LogP contribution in [-0.4, -0.2) is 13.3 Å². The molecule has 4 heteroatoms. The predicted molar refractivity (Wildman–Crippen MR) is 110 cm³/mol. The van der Waals surface area contributed by atoms with Gasteiger partial charge in [-0.05, 0) is 0 Å². The van der Waals surface area contributed by atoms with Gasteiger partial charge in [0.1, 0.15) is 0 Å². The molecular weight excluding hydrogens is 405 g/mol. The van der Waals surface area contributed by atoms with Gasteiger partial charge in [-0.1, -0.05) is 0 Å². The molecule has 2 aliphatic rings. The van der Waals surface area contributed by atoms with Crippen LogP contribution in [0.2, 0.25) is 0 Å². The summed E-state index contributed by atoms with van der Waals surface area (Å²) in [7, 11) is -0.0436. The van der Waals surface area contributed by atoms with Crippen molar-refractivity contribution < 1.29 is 28.6 Å². The molecule has 0 saturated heterocycles. The number of rotatable bonds is 3. The van der Waals surface area contributed by atoms with Gasteiger partial charge in [0, 0.05) is 0 Å². The van der Waals surface area contributed by atoms with E-state index >= 15 is 0 Å². The first-order valence-electron chi connectivity index (χ1n) is 9.17. The second kappa shape index (κ2) is 8.41. The largest absolute Gasteiger partial charge is 1.00 e. The fraction of sp³-hybridized carbons (Fsp3) is 0.167. The second-order valence-electron chi connectivity index (χ2n) is 7.34. The van der Waals surface area contributed by atoms with E-state index in [1.807, 2.05) is 0 Å². The molecule has 3 aromatic carbocycles. The van der Waals surface area contributed by atoms with E-state index < -0.39 is 0 Å². The summed E-state index contributed by atoms with van der Waals surface area (Å²) in [5, 5.41) is 1.70. The first-order chi connectivity index (χ1) is 12.7. The van der Waals surface area contributed by atoms with Gasteiger partial charge in [-0.2, -0.15) is 0 Å². The van der Waals surface area contributed by atoms with Crippen LogP contribution in [0.3, 0.4) is 0 Å². The van der Waals surface area contributed by atoms with E-state index in [1.165, 1.54) is 22.3 Å². The molecule has 0 aromatic heterocycles. The molecule has 0 spiro atoms. The summed E-state index contributed by atoms with van der Waals surface area (Å²) in [6.45, 7) is 4.83. The van der Waals surface area contributed by atoms with E-state index in [0.29, 0.717) is 4.22 Å². The number of hydrogen-bond acceptors (Lipinski definition) is 0. The molecule has 0 fully saturated rings. The van der Waals surface area contributed by atoms with Gasteiger partial charge in [-0.15, -0.1) is 0 Å². The van der Waals surface area contributed by atoms with Crippen molar-refractivity contribution in [3.05, 3.63) is 94.3 Å². The minimum atomic E-state index is -0.268. The average molecular weight is 426 g/mol. The van der Waals surface area contributed by atoms with E-state index in [1.54, 1.807) is 20.3 Å². The summed E-state index contributed by atoms with van der Waals surface area (Å²) in [6.07, 6.45) is 3.61. The third-order valence-electron chi connectivity index (χ3n) is 5.57. The zero-order valence-electron chi connectivity index (χ0n) is 15.9. The molecule has 0 nitrogen and oxygen atoms in total. The van der Waals surface area contributed by atoms with Gasteiger partial charge in [0.2, 0.25) is 0 Å². The zero-order valence-corrected chi connectivity index (χ0v) is 18.4. The van der Waals surface area contributed by atoms with Crippen LogP contribution < -0.4 is 13.3 Å². The van der Waals surface area contributed by atoms with Gasteiger partial charge in [0.05, 0.1) is 0 Å². The number of allylic oxidation sites excluding steroid dienone is 1. The summed E-state index contributed by atoms with van der Waals surface area (Å²) >= 11 is -0.268. The van der Waals surface area contributed by atoms with Crippen LogP contribution in [0.15, 0.2) is 72.0 Å². The van der Waals surface area contributed by atoms with Crippen molar-refractivity contribution in [1.82, 2.24) is 0 Å². The maximum absolute atomic E-state index is 2.49. The van der Waals surface area contributed by atoms with E-state index in [-0.39, 0.29) is 36.5 Å². The van der Waals surface area contributed by atoms with Gasteiger partial charge < -0.3 is 9.41 Å². The Labute approximate surface area is 175 Å². The van der Waals surface area contributed by atoms with Gasteiger partial charge in [-0.3, -0.25) is 0 Å². The molecule has 3 aromatic rings. The first kappa shape index (κ1) is 21.1. The van der Waals surface area contributed by atoms with Crippen LogP contribution >= 0.6 is 7.92 Å². The Morgan fingerprint density at radius 1 is 0.821 bits per heavy atom. The summed E-state index contributed by atoms with van der Waals surface area (Å²) < 4.78 is 2.32. The SMILES string of the molecule is CP(C)C1=Cc2ccccc2[CH]1[Ti+2][c]1cccc2c1Cc1ccccc1-2.[F-].[F-]. The Kier molecular flexibility index (Phi) is 6.35. The van der Waals surface area contributed by atoms with E-state index in [9.17, 15) is 0 Å². The van der Waals surface area contributed by atoms with Crippen molar-refractivity contribution in [3.8, 4) is 11.1 Å². The predicted octanol–water partition coefficient (Wildman–Crippen LogP) is -0.189. The van der Waals surface area contributed by atoms with Crippen molar-refractivity contribution in [2.45, 2.75) is 10.6 Å². The Morgan fingerprint density at radius 3 is 2.36 bits per heavy atom. The van der Waals surface area contributed by atoms with Crippen LogP contribution in [0, 0.1) is 0 Å². The molecule has 0 amide bonds. The van der Waals surface area contributed by atoms with Crippen molar-refractivity contribution in [3.63, 3.8) is 0 Å². The normalized spacial score (nSPS) is 15.5. The molecule has 140 valence electrons. The van der Waals surface area contributed by atoms with Gasteiger partial charge in [0.15, 0.2) is 0 Å². The van der Waals surface area contributed by atoms with Crippen LogP contribution in [0.5, 0.6) is 0 Å². The van der Waals surface area contributed by atoms with Crippen LogP contribution in [0.25, 0.3) is 17.2 Å². The Balaban J connectivity index is 0.00000112. The third-order valence-corrected chi connectivity index (χ3v) is 10.0. The number of halogens is 2. The number of benzene rings is 3. The molecule has 28 heavy (non-hydrogen) atoms. The number of fused-ring (bicyclic) bond motifs is 4. The molecule has 0 aliphatic heterocycles. The van der Waals surface area contributed by atoms with Gasteiger partial charge in [0.25, 0.3) is 0 Å². The maximum Gasteiger partial charge on any atom is -1.00 e. The van der Waals surface area contributed by atoms with Gasteiger partial charge >= 0.3 is 166 Å². The van der Waals surface area contributed by atoms with Crippen molar-refractivity contribution in [2.75, 3.05) is 13.3 Å².